The summed E-state index contributed by atoms with van der Waals surface area (Å²) in [6, 6.07) is 15.5. The standard InChI is InChI=1S/C24H22ClFN4O3/c1-30-20(10-19(29-30)15-5-3-2-4-6-15)22(32)28-24-12-23(13-24,14-24)27-21(31)11-33-16-7-8-17(25)18(26)9-16/h2-10H,11-14H2,1H3,(H,27,31)(H,28,32). The predicted octanol–water partition coefficient (Wildman–Crippen LogP) is 3.48. The first kappa shape index (κ1) is 21.5. The van der Waals surface area contributed by atoms with Gasteiger partial charge in [0.05, 0.1) is 10.7 Å². The zero-order valence-corrected chi connectivity index (χ0v) is 18.7. The molecule has 2 bridgehead atoms. The van der Waals surface area contributed by atoms with Crippen molar-refractivity contribution in [3.05, 3.63) is 71.1 Å². The van der Waals surface area contributed by atoms with Gasteiger partial charge in [0.2, 0.25) is 0 Å². The number of nitrogens with zero attached hydrogens (tertiary/aromatic N) is 2. The molecule has 0 atom stereocenters. The molecule has 3 fully saturated rings. The van der Waals surface area contributed by atoms with Crippen molar-refractivity contribution in [1.29, 1.82) is 0 Å². The van der Waals surface area contributed by atoms with Gasteiger partial charge in [-0.1, -0.05) is 41.9 Å². The molecule has 6 rings (SSSR count). The first-order valence-electron chi connectivity index (χ1n) is 10.6. The van der Waals surface area contributed by atoms with Crippen LogP contribution in [0.5, 0.6) is 5.75 Å². The third-order valence-electron chi connectivity index (χ3n) is 6.26. The van der Waals surface area contributed by atoms with E-state index >= 15 is 0 Å². The predicted molar refractivity (Wildman–Crippen MR) is 120 cm³/mol. The number of rotatable bonds is 7. The third-order valence-corrected chi connectivity index (χ3v) is 6.56. The summed E-state index contributed by atoms with van der Waals surface area (Å²) in [6.07, 6.45) is 1.99. The number of aromatic nitrogens is 2. The molecule has 0 radical (unpaired) electrons. The van der Waals surface area contributed by atoms with Gasteiger partial charge in [0.25, 0.3) is 11.8 Å². The lowest BCUT2D eigenvalue weighted by atomic mass is 9.44. The minimum atomic E-state index is -0.601. The Morgan fingerprint density at radius 1 is 1.09 bits per heavy atom. The highest BCUT2D eigenvalue weighted by Crippen LogP contribution is 2.60. The van der Waals surface area contributed by atoms with Gasteiger partial charge >= 0.3 is 0 Å². The van der Waals surface area contributed by atoms with Crippen LogP contribution in [0.2, 0.25) is 5.02 Å². The van der Waals surface area contributed by atoms with E-state index in [0.717, 1.165) is 17.3 Å². The first-order valence-corrected chi connectivity index (χ1v) is 11.0. The maximum absolute atomic E-state index is 13.5. The zero-order chi connectivity index (χ0) is 23.2. The summed E-state index contributed by atoms with van der Waals surface area (Å²) in [5.74, 6) is -0.834. The molecule has 3 aromatic rings. The van der Waals surface area contributed by atoms with E-state index in [1.807, 2.05) is 30.3 Å². The molecule has 0 spiro atoms. The highest BCUT2D eigenvalue weighted by atomic mass is 35.5. The molecule has 1 aromatic heterocycles. The summed E-state index contributed by atoms with van der Waals surface area (Å²) in [6.45, 7) is -0.223. The summed E-state index contributed by atoms with van der Waals surface area (Å²) in [4.78, 5) is 25.1. The van der Waals surface area contributed by atoms with E-state index in [1.165, 1.54) is 12.1 Å². The monoisotopic (exact) mass is 468 g/mol. The van der Waals surface area contributed by atoms with Crippen molar-refractivity contribution in [3.63, 3.8) is 0 Å². The molecule has 0 saturated heterocycles. The summed E-state index contributed by atoms with van der Waals surface area (Å²) in [5.41, 5.74) is 1.55. The van der Waals surface area contributed by atoms with Crippen LogP contribution >= 0.6 is 11.6 Å². The fraction of sp³-hybridized carbons (Fsp3) is 0.292. The number of nitrogens with one attached hydrogen (secondary N) is 2. The average Bonchev–Trinajstić information content (AvgIpc) is 3.14. The Morgan fingerprint density at radius 3 is 2.48 bits per heavy atom. The number of halogens is 2. The lowest BCUT2D eigenvalue weighted by molar-refractivity contribution is -0.141. The normalized spacial score (nSPS) is 22.6. The second-order valence-electron chi connectivity index (χ2n) is 8.86. The van der Waals surface area contributed by atoms with Crippen LogP contribution in [0.4, 0.5) is 4.39 Å². The number of carbonyl (C=O) groups is 2. The number of hydrogen-bond donors (Lipinski definition) is 2. The molecular formula is C24H22ClFN4O3. The Hall–Kier alpha value is -3.39. The van der Waals surface area contributed by atoms with Crippen LogP contribution in [0.1, 0.15) is 29.8 Å². The average molecular weight is 469 g/mol. The molecule has 1 heterocycles. The van der Waals surface area contributed by atoms with Gasteiger partial charge < -0.3 is 15.4 Å². The highest BCUT2D eigenvalue weighted by molar-refractivity contribution is 6.30. The van der Waals surface area contributed by atoms with E-state index < -0.39 is 5.82 Å². The molecule has 3 aliphatic rings. The van der Waals surface area contributed by atoms with Gasteiger partial charge in [-0.2, -0.15) is 5.10 Å². The molecule has 3 aliphatic carbocycles. The van der Waals surface area contributed by atoms with Gasteiger partial charge in [-0.25, -0.2) is 4.39 Å². The van der Waals surface area contributed by atoms with Crippen LogP contribution in [-0.2, 0) is 11.8 Å². The van der Waals surface area contributed by atoms with Crippen LogP contribution in [0, 0.1) is 5.82 Å². The Labute approximate surface area is 194 Å². The van der Waals surface area contributed by atoms with Crippen molar-refractivity contribution in [2.75, 3.05) is 6.61 Å². The van der Waals surface area contributed by atoms with Crippen LogP contribution in [-0.4, -0.2) is 39.3 Å². The maximum Gasteiger partial charge on any atom is 0.269 e. The Bertz CT molecular complexity index is 1220. The second kappa shape index (κ2) is 7.88. The molecule has 7 nitrogen and oxygen atoms in total. The molecule has 2 aromatic carbocycles. The lowest BCUT2D eigenvalue weighted by Gasteiger charge is -2.70. The van der Waals surface area contributed by atoms with Crippen molar-refractivity contribution in [1.82, 2.24) is 20.4 Å². The van der Waals surface area contributed by atoms with Crippen molar-refractivity contribution < 1.29 is 18.7 Å². The lowest BCUT2D eigenvalue weighted by Crippen LogP contribution is -2.84. The molecule has 3 saturated carbocycles. The number of aryl methyl sites for hydroxylation is 1. The Morgan fingerprint density at radius 2 is 1.79 bits per heavy atom. The van der Waals surface area contributed by atoms with Crippen LogP contribution in [0.3, 0.4) is 0 Å². The summed E-state index contributed by atoms with van der Waals surface area (Å²) >= 11 is 5.64. The Kier molecular flexibility index (Phi) is 5.12. The van der Waals surface area contributed by atoms with E-state index in [1.54, 1.807) is 17.8 Å². The molecule has 9 heteroatoms. The van der Waals surface area contributed by atoms with Crippen molar-refractivity contribution >= 4 is 23.4 Å². The van der Waals surface area contributed by atoms with Crippen LogP contribution < -0.4 is 15.4 Å². The summed E-state index contributed by atoms with van der Waals surface area (Å²) in [7, 11) is 1.75. The van der Waals surface area contributed by atoms with E-state index in [2.05, 4.69) is 15.7 Å². The van der Waals surface area contributed by atoms with Gasteiger partial charge in [0.1, 0.15) is 17.3 Å². The SMILES string of the molecule is Cn1nc(-c2ccccc2)cc1C(=O)NC12CC(NC(=O)COc3ccc(Cl)c(F)c3)(C1)C2. The van der Waals surface area contributed by atoms with Gasteiger partial charge in [-0.05, 0) is 37.5 Å². The number of amides is 2. The van der Waals surface area contributed by atoms with E-state index in [4.69, 9.17) is 16.3 Å². The number of hydrogen-bond acceptors (Lipinski definition) is 4. The van der Waals surface area contributed by atoms with Crippen molar-refractivity contribution in [2.45, 2.75) is 30.3 Å². The molecule has 33 heavy (non-hydrogen) atoms. The van der Waals surface area contributed by atoms with Gasteiger partial charge in [-0.3, -0.25) is 14.3 Å². The second-order valence-corrected chi connectivity index (χ2v) is 9.27. The number of carbonyl (C=O) groups excluding carboxylic acids is 2. The molecule has 170 valence electrons. The van der Waals surface area contributed by atoms with E-state index in [0.29, 0.717) is 25.0 Å². The maximum atomic E-state index is 13.5. The first-order chi connectivity index (χ1) is 15.8. The minimum Gasteiger partial charge on any atom is -0.484 e. The molecular weight excluding hydrogens is 447 g/mol. The molecule has 0 unspecified atom stereocenters. The fourth-order valence-electron chi connectivity index (χ4n) is 4.84. The zero-order valence-electron chi connectivity index (χ0n) is 17.9. The Balaban J connectivity index is 1.13. The topological polar surface area (TPSA) is 85.3 Å². The molecule has 2 N–H and O–H groups in total. The highest BCUT2D eigenvalue weighted by Gasteiger charge is 2.69. The van der Waals surface area contributed by atoms with Crippen molar-refractivity contribution in [2.24, 2.45) is 7.05 Å². The fourth-order valence-corrected chi connectivity index (χ4v) is 4.95. The molecule has 2 amide bonds. The number of benzene rings is 2. The summed E-state index contributed by atoms with van der Waals surface area (Å²) in [5, 5.41) is 10.5. The largest absolute Gasteiger partial charge is 0.484 e. The van der Waals surface area contributed by atoms with Crippen LogP contribution in [0.25, 0.3) is 11.3 Å². The van der Waals surface area contributed by atoms with Crippen LogP contribution in [0.15, 0.2) is 54.6 Å². The quantitative estimate of drug-likeness (QED) is 0.556. The summed E-state index contributed by atoms with van der Waals surface area (Å²) < 4.78 is 20.4. The van der Waals surface area contributed by atoms with E-state index in [-0.39, 0.29) is 40.3 Å². The van der Waals surface area contributed by atoms with Gasteiger partial charge in [-0.15, -0.1) is 0 Å². The number of ether oxygens (including phenoxy) is 1. The van der Waals surface area contributed by atoms with Gasteiger partial charge in [0.15, 0.2) is 6.61 Å². The third kappa shape index (κ3) is 4.06. The van der Waals surface area contributed by atoms with Crippen molar-refractivity contribution in [3.8, 4) is 17.0 Å². The van der Waals surface area contributed by atoms with E-state index in [9.17, 15) is 14.0 Å². The smallest absolute Gasteiger partial charge is 0.269 e. The van der Waals surface area contributed by atoms with Gasteiger partial charge in [0, 0.05) is 29.8 Å². The minimum absolute atomic E-state index is 0.00423. The molecule has 0 aliphatic heterocycles.